The molecule has 1 aromatic rings. The van der Waals surface area contributed by atoms with Gasteiger partial charge in [-0.25, -0.2) is 13.6 Å². The van der Waals surface area contributed by atoms with Gasteiger partial charge in [-0.15, -0.1) is 11.6 Å². The van der Waals surface area contributed by atoms with E-state index in [0.717, 1.165) is 12.1 Å². The molecule has 0 spiro atoms. The summed E-state index contributed by atoms with van der Waals surface area (Å²) < 4.78 is 35.4. The smallest absolute Gasteiger partial charge is 0.411 e. The maximum Gasteiger partial charge on any atom is 0.411 e. The zero-order chi connectivity index (χ0) is 13.4. The van der Waals surface area contributed by atoms with Crippen LogP contribution in [0.1, 0.15) is 0 Å². The minimum atomic E-state index is -0.870. The second kappa shape index (κ2) is 7.84. The quantitative estimate of drug-likeness (QED) is 0.643. The Kier molecular flexibility index (Phi) is 6.38. The number of hydrogen-bond donors (Lipinski definition) is 1. The number of hydrogen-bond acceptors (Lipinski definition) is 3. The molecule has 1 rings (SSSR count). The van der Waals surface area contributed by atoms with Gasteiger partial charge in [0.1, 0.15) is 18.2 Å². The SMILES string of the molecule is O=C(Nc1ccc(F)cc1F)OCCOCCCl. The Morgan fingerprint density at radius 3 is 2.72 bits per heavy atom. The van der Waals surface area contributed by atoms with Crippen molar-refractivity contribution in [1.82, 2.24) is 0 Å². The number of benzene rings is 1. The number of anilines is 1. The van der Waals surface area contributed by atoms with Gasteiger partial charge in [-0.05, 0) is 12.1 Å². The van der Waals surface area contributed by atoms with Gasteiger partial charge in [0.05, 0.1) is 18.9 Å². The highest BCUT2D eigenvalue weighted by Crippen LogP contribution is 2.14. The average Bonchev–Trinajstić information content (AvgIpc) is 2.32. The molecular formula is C11H12ClF2NO3. The molecule has 0 atom stereocenters. The van der Waals surface area contributed by atoms with Crippen LogP contribution in [-0.4, -0.2) is 31.8 Å². The van der Waals surface area contributed by atoms with Crippen LogP contribution in [0.25, 0.3) is 0 Å². The van der Waals surface area contributed by atoms with Crippen molar-refractivity contribution in [2.75, 3.05) is 31.0 Å². The van der Waals surface area contributed by atoms with Crippen LogP contribution >= 0.6 is 11.6 Å². The molecule has 0 fully saturated rings. The molecule has 0 saturated heterocycles. The van der Waals surface area contributed by atoms with Crippen molar-refractivity contribution in [3.05, 3.63) is 29.8 Å². The predicted octanol–water partition coefficient (Wildman–Crippen LogP) is 2.77. The molecule has 0 aliphatic rings. The fourth-order valence-electron chi connectivity index (χ4n) is 1.09. The second-order valence-electron chi connectivity index (χ2n) is 3.19. The molecule has 0 unspecified atom stereocenters. The van der Waals surface area contributed by atoms with Gasteiger partial charge in [0, 0.05) is 11.9 Å². The summed E-state index contributed by atoms with van der Waals surface area (Å²) in [6.07, 6.45) is -0.838. The van der Waals surface area contributed by atoms with Gasteiger partial charge in [0.15, 0.2) is 0 Å². The van der Waals surface area contributed by atoms with Crippen LogP contribution in [0.15, 0.2) is 18.2 Å². The number of alkyl halides is 1. The highest BCUT2D eigenvalue weighted by molar-refractivity contribution is 6.17. The Balaban J connectivity index is 2.31. The predicted molar refractivity (Wildman–Crippen MR) is 62.9 cm³/mol. The van der Waals surface area contributed by atoms with Gasteiger partial charge in [-0.1, -0.05) is 0 Å². The third-order valence-electron chi connectivity index (χ3n) is 1.85. The zero-order valence-corrected chi connectivity index (χ0v) is 10.2. The van der Waals surface area contributed by atoms with E-state index in [-0.39, 0.29) is 18.9 Å². The normalized spacial score (nSPS) is 10.2. The summed E-state index contributed by atoms with van der Waals surface area (Å²) in [5.74, 6) is -1.24. The number of carbonyl (C=O) groups is 1. The summed E-state index contributed by atoms with van der Waals surface area (Å²) in [6, 6.07) is 2.80. The van der Waals surface area contributed by atoms with Crippen LogP contribution in [0.5, 0.6) is 0 Å². The summed E-state index contributed by atoms with van der Waals surface area (Å²) >= 11 is 5.36. The van der Waals surface area contributed by atoms with Crippen LogP contribution in [0.2, 0.25) is 0 Å². The van der Waals surface area contributed by atoms with Crippen LogP contribution < -0.4 is 5.32 Å². The molecule has 1 aromatic carbocycles. The van der Waals surface area contributed by atoms with Gasteiger partial charge >= 0.3 is 6.09 Å². The fourth-order valence-corrected chi connectivity index (χ4v) is 1.20. The van der Waals surface area contributed by atoms with E-state index in [9.17, 15) is 13.6 Å². The lowest BCUT2D eigenvalue weighted by Gasteiger charge is -2.07. The Labute approximate surface area is 108 Å². The lowest BCUT2D eigenvalue weighted by molar-refractivity contribution is 0.0858. The summed E-state index contributed by atoms with van der Waals surface area (Å²) in [6.45, 7) is 0.580. The van der Waals surface area contributed by atoms with E-state index in [0.29, 0.717) is 18.6 Å². The van der Waals surface area contributed by atoms with Crippen LogP contribution in [0.4, 0.5) is 19.3 Å². The molecule has 0 radical (unpaired) electrons. The molecule has 0 heterocycles. The van der Waals surface area contributed by atoms with E-state index in [2.05, 4.69) is 5.32 Å². The highest BCUT2D eigenvalue weighted by Gasteiger charge is 2.08. The lowest BCUT2D eigenvalue weighted by atomic mass is 10.3. The number of amides is 1. The summed E-state index contributed by atoms with van der Waals surface area (Å²) in [7, 11) is 0. The van der Waals surface area contributed by atoms with Crippen molar-refractivity contribution < 1.29 is 23.0 Å². The lowest BCUT2D eigenvalue weighted by Crippen LogP contribution is -2.17. The summed E-state index contributed by atoms with van der Waals surface area (Å²) in [4.78, 5) is 11.2. The maximum absolute atomic E-state index is 13.1. The molecule has 0 aliphatic carbocycles. The maximum atomic E-state index is 13.1. The number of halogens is 3. The summed E-state index contributed by atoms with van der Waals surface area (Å²) in [5.41, 5.74) is -0.150. The molecule has 0 saturated carbocycles. The Morgan fingerprint density at radius 1 is 1.28 bits per heavy atom. The van der Waals surface area contributed by atoms with Crippen LogP contribution in [0, 0.1) is 11.6 Å². The molecule has 0 bridgehead atoms. The van der Waals surface area contributed by atoms with E-state index >= 15 is 0 Å². The topological polar surface area (TPSA) is 47.6 Å². The van der Waals surface area contributed by atoms with Crippen molar-refractivity contribution in [2.24, 2.45) is 0 Å². The highest BCUT2D eigenvalue weighted by atomic mass is 35.5. The number of nitrogens with one attached hydrogen (secondary N) is 1. The molecule has 100 valence electrons. The third-order valence-corrected chi connectivity index (χ3v) is 2.00. The first-order valence-corrected chi connectivity index (χ1v) is 5.69. The Hall–Kier alpha value is -1.40. The molecule has 1 amide bonds. The average molecular weight is 280 g/mol. The largest absolute Gasteiger partial charge is 0.447 e. The molecule has 1 N–H and O–H groups in total. The molecule has 0 aliphatic heterocycles. The molecular weight excluding hydrogens is 268 g/mol. The molecule has 18 heavy (non-hydrogen) atoms. The second-order valence-corrected chi connectivity index (χ2v) is 3.56. The number of rotatable bonds is 6. The van der Waals surface area contributed by atoms with Crippen molar-refractivity contribution in [1.29, 1.82) is 0 Å². The number of carbonyl (C=O) groups excluding carboxylic acids is 1. The first-order valence-electron chi connectivity index (χ1n) is 5.16. The minimum Gasteiger partial charge on any atom is -0.447 e. The Morgan fingerprint density at radius 2 is 2.06 bits per heavy atom. The first kappa shape index (κ1) is 14.7. The molecule has 7 heteroatoms. The standard InChI is InChI=1S/C11H12ClF2NO3/c12-3-4-17-5-6-18-11(16)15-10-2-1-8(13)7-9(10)14/h1-2,7H,3-6H2,(H,15,16). The third kappa shape index (κ3) is 5.29. The number of ether oxygens (including phenoxy) is 2. The van der Waals surface area contributed by atoms with E-state index in [1.807, 2.05) is 0 Å². The van der Waals surface area contributed by atoms with Gasteiger partial charge in [-0.2, -0.15) is 0 Å². The first-order chi connectivity index (χ1) is 8.63. The van der Waals surface area contributed by atoms with Gasteiger partial charge in [0.2, 0.25) is 0 Å². The van der Waals surface area contributed by atoms with Gasteiger partial charge < -0.3 is 9.47 Å². The van der Waals surface area contributed by atoms with E-state index in [1.54, 1.807) is 0 Å². The van der Waals surface area contributed by atoms with Crippen LogP contribution in [-0.2, 0) is 9.47 Å². The van der Waals surface area contributed by atoms with E-state index in [4.69, 9.17) is 21.1 Å². The monoisotopic (exact) mass is 279 g/mol. The minimum absolute atomic E-state index is 0.0194. The Bertz CT molecular complexity index is 404. The van der Waals surface area contributed by atoms with Crippen molar-refractivity contribution in [3.8, 4) is 0 Å². The van der Waals surface area contributed by atoms with E-state index in [1.165, 1.54) is 0 Å². The van der Waals surface area contributed by atoms with Crippen molar-refractivity contribution in [3.63, 3.8) is 0 Å². The zero-order valence-electron chi connectivity index (χ0n) is 9.42. The molecule has 0 aromatic heterocycles. The van der Waals surface area contributed by atoms with Crippen molar-refractivity contribution in [2.45, 2.75) is 0 Å². The van der Waals surface area contributed by atoms with E-state index < -0.39 is 17.7 Å². The van der Waals surface area contributed by atoms with Crippen molar-refractivity contribution >= 4 is 23.4 Å². The fraction of sp³-hybridized carbons (Fsp3) is 0.364. The van der Waals surface area contributed by atoms with Gasteiger partial charge in [0.25, 0.3) is 0 Å². The molecule has 4 nitrogen and oxygen atoms in total. The van der Waals surface area contributed by atoms with Crippen LogP contribution in [0.3, 0.4) is 0 Å². The summed E-state index contributed by atoms with van der Waals surface area (Å²) in [5, 5.41) is 2.14. The van der Waals surface area contributed by atoms with Gasteiger partial charge in [-0.3, -0.25) is 5.32 Å².